The fourth-order valence-electron chi connectivity index (χ4n) is 4.85. The number of fused-ring (bicyclic) bond motifs is 1. The van der Waals surface area contributed by atoms with Gasteiger partial charge in [0, 0.05) is 18.4 Å². The van der Waals surface area contributed by atoms with Crippen LogP contribution in [-0.4, -0.2) is 38.2 Å². The Morgan fingerprint density at radius 3 is 2.14 bits per heavy atom. The molecule has 0 N–H and O–H groups in total. The van der Waals surface area contributed by atoms with Crippen molar-refractivity contribution in [1.82, 2.24) is 0 Å². The van der Waals surface area contributed by atoms with Gasteiger partial charge < -0.3 is 14.0 Å². The van der Waals surface area contributed by atoms with E-state index in [1.165, 1.54) is 0 Å². The van der Waals surface area contributed by atoms with Crippen LogP contribution in [0.2, 0.25) is 18.1 Å². The summed E-state index contributed by atoms with van der Waals surface area (Å²) in [6.07, 6.45) is 2.78. The highest BCUT2D eigenvalue weighted by Gasteiger charge is 2.58. The van der Waals surface area contributed by atoms with E-state index < -0.39 is 8.32 Å². The average molecular weight is 411 g/mol. The van der Waals surface area contributed by atoms with E-state index in [4.69, 9.17) is 9.16 Å². The van der Waals surface area contributed by atoms with Gasteiger partial charge in [0.15, 0.2) is 8.32 Å². The number of carbonyl (C=O) groups excluding carboxylic acids is 2. The van der Waals surface area contributed by atoms with Crippen LogP contribution in [0, 0.1) is 23.2 Å². The topological polar surface area (TPSA) is 52.6 Å². The smallest absolute Gasteiger partial charge is 0.192 e. The van der Waals surface area contributed by atoms with E-state index in [1.54, 1.807) is 0 Å². The second-order valence-corrected chi connectivity index (χ2v) is 16.9. The third-order valence-corrected chi connectivity index (χ3v) is 11.8. The van der Waals surface area contributed by atoms with Crippen molar-refractivity contribution in [3.63, 3.8) is 0 Å². The molecule has 2 aliphatic carbocycles. The first-order chi connectivity index (χ1) is 12.5. The van der Waals surface area contributed by atoms with E-state index in [1.807, 2.05) is 20.8 Å². The van der Waals surface area contributed by atoms with Crippen molar-refractivity contribution in [3.05, 3.63) is 0 Å². The van der Waals surface area contributed by atoms with Gasteiger partial charge in [0.25, 0.3) is 0 Å². The molecule has 6 atom stereocenters. The summed E-state index contributed by atoms with van der Waals surface area (Å²) < 4.78 is 13.1. The average Bonchev–Trinajstić information content (AvgIpc) is 2.70. The molecule has 0 radical (unpaired) electrons. The van der Waals surface area contributed by atoms with Gasteiger partial charge in [-0.15, -0.1) is 0 Å². The lowest BCUT2D eigenvalue weighted by molar-refractivity contribution is -0.142. The Hall–Kier alpha value is -0.523. The Balaban J connectivity index is 2.37. The number of Topliss-reactive ketones (excluding diaryl/α,β-unsaturated/α-hetero) is 1. The van der Waals surface area contributed by atoms with Crippen LogP contribution < -0.4 is 0 Å². The molecule has 28 heavy (non-hydrogen) atoms. The molecule has 0 aromatic rings. The lowest BCUT2D eigenvalue weighted by Gasteiger charge is -2.42. The largest absolute Gasteiger partial charge is 0.414 e. The Kier molecular flexibility index (Phi) is 6.47. The van der Waals surface area contributed by atoms with Crippen molar-refractivity contribution in [3.8, 4) is 0 Å². The molecule has 4 nitrogen and oxygen atoms in total. The minimum atomic E-state index is -1.95. The summed E-state index contributed by atoms with van der Waals surface area (Å²) in [6.45, 7) is 21.6. The first-order valence-corrected chi connectivity index (χ1v) is 13.8. The van der Waals surface area contributed by atoms with Crippen LogP contribution in [-0.2, 0) is 18.8 Å². The molecule has 162 valence electrons. The van der Waals surface area contributed by atoms with Gasteiger partial charge in [0.2, 0.25) is 0 Å². The van der Waals surface area contributed by atoms with Crippen molar-refractivity contribution < 1.29 is 18.8 Å². The summed E-state index contributed by atoms with van der Waals surface area (Å²) in [4.78, 5) is 25.2. The zero-order valence-corrected chi connectivity index (χ0v) is 20.7. The molecule has 5 heteroatoms. The summed E-state index contributed by atoms with van der Waals surface area (Å²) in [7, 11) is -1.95. The van der Waals surface area contributed by atoms with Gasteiger partial charge >= 0.3 is 0 Å². The normalized spacial score (nSPS) is 37.5. The highest BCUT2D eigenvalue weighted by molar-refractivity contribution is 6.74. The monoisotopic (exact) mass is 410 g/mol. The van der Waals surface area contributed by atoms with Crippen LogP contribution in [0.4, 0.5) is 0 Å². The second kappa shape index (κ2) is 7.62. The molecule has 2 saturated carbocycles. The van der Waals surface area contributed by atoms with Gasteiger partial charge in [0.1, 0.15) is 12.1 Å². The Morgan fingerprint density at radius 2 is 1.68 bits per heavy atom. The Bertz CT molecular complexity index is 601. The first kappa shape index (κ1) is 23.8. The number of rotatable bonds is 4. The van der Waals surface area contributed by atoms with Crippen molar-refractivity contribution >= 4 is 20.4 Å². The highest BCUT2D eigenvalue weighted by atomic mass is 28.4. The molecule has 2 rings (SSSR count). The van der Waals surface area contributed by atoms with Crippen LogP contribution in [0.15, 0.2) is 0 Å². The maximum atomic E-state index is 13.3. The molecule has 0 heterocycles. The summed E-state index contributed by atoms with van der Waals surface area (Å²) in [5, 5.41) is 0.127. The van der Waals surface area contributed by atoms with Gasteiger partial charge in [-0.25, -0.2) is 0 Å². The van der Waals surface area contributed by atoms with Crippen LogP contribution >= 0.6 is 0 Å². The van der Waals surface area contributed by atoms with Crippen LogP contribution in [0.5, 0.6) is 0 Å². The van der Waals surface area contributed by atoms with E-state index in [0.717, 1.165) is 12.7 Å². The second-order valence-electron chi connectivity index (χ2n) is 12.1. The SMILES string of the molecule is C[C@H]1CC(=O)[C@H]2[C@H](OC(C)(C)C)[C@@H](C=O)C[C@@]2(C)C[C@@H]1O[Si](C)(C)C(C)(C)C. The van der Waals surface area contributed by atoms with Crippen LogP contribution in [0.3, 0.4) is 0 Å². The summed E-state index contributed by atoms with van der Waals surface area (Å²) in [5.41, 5.74) is -0.636. The zero-order chi connectivity index (χ0) is 21.7. The number of ether oxygens (including phenoxy) is 1. The number of ketones is 1. The minimum Gasteiger partial charge on any atom is -0.414 e. The molecule has 0 spiro atoms. The first-order valence-electron chi connectivity index (χ1n) is 10.8. The maximum Gasteiger partial charge on any atom is 0.192 e. The third-order valence-electron chi connectivity index (χ3n) is 7.29. The molecule has 0 unspecified atom stereocenters. The molecular weight excluding hydrogens is 368 g/mol. The van der Waals surface area contributed by atoms with Gasteiger partial charge in [-0.2, -0.15) is 0 Å². The van der Waals surface area contributed by atoms with E-state index in [2.05, 4.69) is 47.7 Å². The number of hydrogen-bond acceptors (Lipinski definition) is 4. The lowest BCUT2D eigenvalue weighted by atomic mass is 9.74. The molecule has 2 aliphatic rings. The van der Waals surface area contributed by atoms with Gasteiger partial charge in [-0.3, -0.25) is 4.79 Å². The number of carbonyl (C=O) groups is 2. The lowest BCUT2D eigenvalue weighted by Crippen LogP contribution is -2.46. The van der Waals surface area contributed by atoms with Crippen molar-refractivity contribution in [2.24, 2.45) is 23.2 Å². The van der Waals surface area contributed by atoms with E-state index in [0.29, 0.717) is 12.8 Å². The minimum absolute atomic E-state index is 0.0560. The molecule has 0 aliphatic heterocycles. The van der Waals surface area contributed by atoms with E-state index >= 15 is 0 Å². The molecule has 0 bridgehead atoms. The van der Waals surface area contributed by atoms with Crippen LogP contribution in [0.25, 0.3) is 0 Å². The molecule has 0 aromatic heterocycles. The Labute approximate surface area is 173 Å². The highest BCUT2D eigenvalue weighted by Crippen LogP contribution is 2.55. The Morgan fingerprint density at radius 1 is 1.11 bits per heavy atom. The summed E-state index contributed by atoms with van der Waals surface area (Å²) in [5.74, 6) is -0.0126. The summed E-state index contributed by atoms with van der Waals surface area (Å²) >= 11 is 0. The molecular formula is C23H42O4Si. The van der Waals surface area contributed by atoms with Gasteiger partial charge in [0.05, 0.1) is 17.6 Å². The fourth-order valence-corrected chi connectivity index (χ4v) is 6.27. The predicted octanol–water partition coefficient (Wildman–Crippen LogP) is 5.40. The van der Waals surface area contributed by atoms with E-state index in [9.17, 15) is 9.59 Å². The summed E-state index contributed by atoms with van der Waals surface area (Å²) in [6, 6.07) is 0. The maximum absolute atomic E-state index is 13.3. The quantitative estimate of drug-likeness (QED) is 0.460. The standard InChI is InChI=1S/C23H42O4Si/c1-15-11-17(25)19-20(26-21(2,3)4)16(14-24)12-23(19,8)13-18(15)27-28(9,10)22(5,6)7/h14-16,18-20H,11-13H2,1-10H3/t15-,16+,18-,19-,20+,23-/m0/s1. The molecule has 0 saturated heterocycles. The van der Waals surface area contributed by atoms with Crippen molar-refractivity contribution in [2.75, 3.05) is 0 Å². The van der Waals surface area contributed by atoms with Crippen LogP contribution in [0.1, 0.15) is 74.7 Å². The molecule has 2 fully saturated rings. The van der Waals surface area contributed by atoms with Crippen molar-refractivity contribution in [2.45, 2.75) is 111 Å². The van der Waals surface area contributed by atoms with Gasteiger partial charge in [-0.1, -0.05) is 34.6 Å². The van der Waals surface area contributed by atoms with E-state index in [-0.39, 0.29) is 51.8 Å². The molecule has 0 aromatic carbocycles. The molecule has 0 amide bonds. The van der Waals surface area contributed by atoms with Gasteiger partial charge in [-0.05, 0) is 63.1 Å². The number of hydrogen-bond donors (Lipinski definition) is 0. The zero-order valence-electron chi connectivity index (χ0n) is 19.7. The third kappa shape index (κ3) is 4.79. The van der Waals surface area contributed by atoms with Crippen molar-refractivity contribution in [1.29, 1.82) is 0 Å². The fraction of sp³-hybridized carbons (Fsp3) is 0.913. The predicted molar refractivity (Wildman–Crippen MR) is 116 cm³/mol. The number of aldehydes is 1.